The summed E-state index contributed by atoms with van der Waals surface area (Å²) in [7, 11) is 0. The van der Waals surface area contributed by atoms with Crippen molar-refractivity contribution in [3.05, 3.63) is 160 Å². The van der Waals surface area contributed by atoms with Crippen molar-refractivity contribution in [2.75, 3.05) is 0 Å². The van der Waals surface area contributed by atoms with Crippen LogP contribution in [0.15, 0.2) is 30.3 Å². The van der Waals surface area contributed by atoms with Crippen molar-refractivity contribution in [3.63, 3.8) is 0 Å². The van der Waals surface area contributed by atoms with Crippen LogP contribution in [0.25, 0.3) is 9.69 Å². The molecular formula is C30H10Cl6F4N6O5. The van der Waals surface area contributed by atoms with Gasteiger partial charge in [0.25, 0.3) is 10.8 Å². The molecule has 0 radical (unpaired) electrons. The van der Waals surface area contributed by atoms with Crippen LogP contribution in [0.5, 0.6) is 0 Å². The molecule has 0 aliphatic carbocycles. The third-order valence-electron chi connectivity index (χ3n) is 6.34. The Labute approximate surface area is 313 Å². The van der Waals surface area contributed by atoms with Gasteiger partial charge in [-0.2, -0.15) is 10.5 Å². The van der Waals surface area contributed by atoms with Crippen molar-refractivity contribution in [1.82, 2.24) is 0 Å². The summed E-state index contributed by atoms with van der Waals surface area (Å²) in [6.07, 6.45) is -0.840. The van der Waals surface area contributed by atoms with E-state index in [1.54, 1.807) is 12.1 Å². The molecule has 1 N–H and O–H groups in total. The highest BCUT2D eigenvalue weighted by Gasteiger charge is 2.26. The summed E-state index contributed by atoms with van der Waals surface area (Å²) in [6, 6.07) is 8.04. The minimum Gasteiger partial charge on any atom is -0.328 e. The zero-order valence-corrected chi connectivity index (χ0v) is 28.9. The van der Waals surface area contributed by atoms with E-state index in [9.17, 15) is 38.2 Å². The lowest BCUT2D eigenvalue weighted by atomic mass is 9.98. The second-order valence-electron chi connectivity index (χ2n) is 9.17. The van der Waals surface area contributed by atoms with Gasteiger partial charge >= 0.3 is 0 Å². The van der Waals surface area contributed by atoms with Gasteiger partial charge in [0.2, 0.25) is 11.4 Å². The fourth-order valence-corrected chi connectivity index (χ4v) is 5.75. The maximum absolute atomic E-state index is 14.1. The summed E-state index contributed by atoms with van der Waals surface area (Å²) >= 11 is 35.9. The van der Waals surface area contributed by atoms with Crippen LogP contribution in [0.3, 0.4) is 0 Å². The van der Waals surface area contributed by atoms with Gasteiger partial charge in [-0.3, -0.25) is 10.1 Å². The molecule has 0 spiro atoms. The second kappa shape index (κ2) is 18.2. The number of non-ortho nitro benzene ring substituents is 1. The number of halogens is 10. The quantitative estimate of drug-likeness (QED) is 0.0688. The summed E-state index contributed by atoms with van der Waals surface area (Å²) < 4.78 is 55.7. The molecule has 0 saturated carbocycles. The van der Waals surface area contributed by atoms with Crippen molar-refractivity contribution < 1.29 is 32.8 Å². The van der Waals surface area contributed by atoms with Gasteiger partial charge in [-0.15, -0.1) is 10.1 Å². The standard InChI is InChI=1S/C15H4Cl3F2N3O2.C15H5Cl3F2N2.HNO3/c1-22-15-13(17)9(5-21)7(12(16)14(15)18)4-8-10(19)2-6(23(24)25)3-11(8)20;1-22-15-13(17)9(6-21)7(12(16)14(15)18)5-8-10(19)3-2-4-11(8)20;2-1(3)4/h2-3H,4H2;2-4H,5H2;(H,2,3,4). The smallest absolute Gasteiger partial charge is 0.291 e. The molecule has 0 fully saturated rings. The van der Waals surface area contributed by atoms with Gasteiger partial charge < -0.3 is 5.21 Å². The van der Waals surface area contributed by atoms with E-state index in [0.717, 1.165) is 12.1 Å². The predicted octanol–water partition coefficient (Wildman–Crippen LogP) is 11.4. The molecule has 0 unspecified atom stereocenters. The number of nitro groups is 1. The topological polar surface area (TPSA) is 163 Å². The van der Waals surface area contributed by atoms with Crippen LogP contribution in [0.4, 0.5) is 34.6 Å². The number of rotatable bonds is 5. The van der Waals surface area contributed by atoms with Crippen LogP contribution < -0.4 is 0 Å². The van der Waals surface area contributed by atoms with Gasteiger partial charge in [0, 0.05) is 24.0 Å². The monoisotopic (exact) mass is 820 g/mol. The van der Waals surface area contributed by atoms with Gasteiger partial charge in [-0.25, -0.2) is 27.3 Å². The van der Waals surface area contributed by atoms with Crippen LogP contribution in [-0.4, -0.2) is 15.2 Å². The normalized spacial score (nSPS) is 9.84. The van der Waals surface area contributed by atoms with E-state index in [1.165, 1.54) is 6.07 Å². The minimum absolute atomic E-state index is 0.0792. The molecule has 4 aromatic rings. The third kappa shape index (κ3) is 9.57. The fraction of sp³-hybridized carbons (Fsp3) is 0.0667. The van der Waals surface area contributed by atoms with Crippen LogP contribution >= 0.6 is 69.6 Å². The number of hydrogen-bond donors (Lipinski definition) is 1. The highest BCUT2D eigenvalue weighted by atomic mass is 35.5. The Kier molecular flexibility index (Phi) is 15.0. The van der Waals surface area contributed by atoms with Gasteiger partial charge in [-0.1, -0.05) is 75.7 Å². The number of benzene rings is 4. The van der Waals surface area contributed by atoms with E-state index < -0.39 is 51.0 Å². The molecular weight excluding hydrogens is 813 g/mol. The number of nitriles is 2. The molecule has 0 aliphatic heterocycles. The average Bonchev–Trinajstić information content (AvgIpc) is 3.05. The van der Waals surface area contributed by atoms with E-state index >= 15 is 0 Å². The summed E-state index contributed by atoms with van der Waals surface area (Å²) in [5.74, 6) is -3.93. The highest BCUT2D eigenvalue weighted by Crippen LogP contribution is 2.46. The van der Waals surface area contributed by atoms with Gasteiger partial charge in [-0.05, 0) is 23.3 Å². The average molecular weight is 823 g/mol. The Bertz CT molecular complexity index is 2220. The maximum Gasteiger partial charge on any atom is 0.291 e. The van der Waals surface area contributed by atoms with E-state index in [-0.39, 0.29) is 75.7 Å². The lowest BCUT2D eigenvalue weighted by Gasteiger charge is -2.13. The molecule has 260 valence electrons. The lowest BCUT2D eigenvalue weighted by Crippen LogP contribution is -2.03. The molecule has 51 heavy (non-hydrogen) atoms. The first-order chi connectivity index (χ1) is 23.9. The second-order valence-corrected chi connectivity index (χ2v) is 11.4. The molecule has 0 heterocycles. The molecule has 21 heteroatoms. The Morgan fingerprint density at radius 1 is 0.667 bits per heavy atom. The first-order valence-corrected chi connectivity index (χ1v) is 15.0. The summed E-state index contributed by atoms with van der Waals surface area (Å²) in [6.45, 7) is 14.0. The Balaban J connectivity index is 0.000000322. The van der Waals surface area contributed by atoms with Gasteiger partial charge in [0.15, 0.2) is 0 Å². The number of nitro benzene ring substituents is 1. The van der Waals surface area contributed by atoms with E-state index in [2.05, 4.69) is 9.69 Å². The molecule has 4 aromatic carbocycles. The van der Waals surface area contributed by atoms with Crippen LogP contribution in [-0.2, 0) is 12.8 Å². The van der Waals surface area contributed by atoms with E-state index in [1.807, 2.05) is 0 Å². The van der Waals surface area contributed by atoms with Crippen molar-refractivity contribution in [1.29, 1.82) is 10.5 Å². The molecule has 11 nitrogen and oxygen atoms in total. The molecule has 0 aliphatic rings. The number of hydrogen-bond acceptors (Lipinski definition) is 6. The van der Waals surface area contributed by atoms with Crippen molar-refractivity contribution in [2.45, 2.75) is 12.8 Å². The van der Waals surface area contributed by atoms with Crippen LogP contribution in [0.2, 0.25) is 30.1 Å². The molecule has 0 amide bonds. The first kappa shape index (κ1) is 42.1. The molecule has 0 saturated heterocycles. The zero-order chi connectivity index (χ0) is 38.9. The summed E-state index contributed by atoms with van der Waals surface area (Å²) in [5, 5.41) is 41.5. The molecule has 4 rings (SSSR count). The van der Waals surface area contributed by atoms with Crippen molar-refractivity contribution >= 4 is 86.7 Å². The Morgan fingerprint density at radius 2 is 1.00 bits per heavy atom. The van der Waals surface area contributed by atoms with E-state index in [0.29, 0.717) is 12.1 Å². The predicted molar refractivity (Wildman–Crippen MR) is 179 cm³/mol. The van der Waals surface area contributed by atoms with E-state index in [4.69, 9.17) is 98.1 Å². The van der Waals surface area contributed by atoms with Gasteiger partial charge in [0.05, 0.1) is 83.6 Å². The summed E-state index contributed by atoms with van der Waals surface area (Å²) in [4.78, 5) is 24.3. The SMILES string of the molecule is O=[N+]([O-])O.[C-]#[N+]c1c(Cl)c(Cl)c(Cc2c(F)cc([N+](=O)[O-])cc2F)c(C#N)c1Cl.[C-]#[N+]c1c(Cl)c(Cl)c(Cc2c(F)cccc2F)c(C#N)c1Cl. The van der Waals surface area contributed by atoms with Crippen LogP contribution in [0, 0.1) is 79.3 Å². The zero-order valence-electron chi connectivity index (χ0n) is 24.3. The third-order valence-corrected chi connectivity index (χ3v) is 8.84. The lowest BCUT2D eigenvalue weighted by molar-refractivity contribution is -0.742. The van der Waals surface area contributed by atoms with Crippen LogP contribution in [0.1, 0.15) is 33.4 Å². The highest BCUT2D eigenvalue weighted by molar-refractivity contribution is 6.48. The Morgan fingerprint density at radius 3 is 1.29 bits per heavy atom. The minimum atomic E-state index is -1.50. The molecule has 0 atom stereocenters. The number of nitrogens with zero attached hydrogens (tertiary/aromatic N) is 6. The fourth-order valence-electron chi connectivity index (χ4n) is 4.07. The van der Waals surface area contributed by atoms with Crippen molar-refractivity contribution in [2.24, 2.45) is 0 Å². The summed E-state index contributed by atoms with van der Waals surface area (Å²) in [5.41, 5.74) is -2.36. The van der Waals surface area contributed by atoms with Gasteiger partial charge in [0.1, 0.15) is 23.3 Å². The van der Waals surface area contributed by atoms with Crippen molar-refractivity contribution in [3.8, 4) is 12.1 Å². The molecule has 0 aromatic heterocycles. The maximum atomic E-state index is 14.1. The molecule has 0 bridgehead atoms. The first-order valence-electron chi connectivity index (χ1n) is 12.7. The Hall–Kier alpha value is -5.10. The largest absolute Gasteiger partial charge is 0.328 e.